The van der Waals surface area contributed by atoms with Crippen LogP contribution >= 0.6 is 7.11 Å². The van der Waals surface area contributed by atoms with Gasteiger partial charge in [-0.25, -0.2) is 0 Å². The van der Waals surface area contributed by atoms with Crippen LogP contribution in [-0.2, 0) is 28.7 Å². The summed E-state index contributed by atoms with van der Waals surface area (Å²) in [4.78, 5) is 4.55. The maximum absolute atomic E-state index is 5.17. The zero-order valence-corrected chi connectivity index (χ0v) is 9.99. The zero-order valence-electron chi connectivity index (χ0n) is 6.16. The Labute approximate surface area is 72.3 Å². The molecule has 0 aromatic rings. The van der Waals surface area contributed by atoms with Crippen molar-refractivity contribution < 1.29 is 28.7 Å². The third kappa shape index (κ3) is 4.54. The van der Waals surface area contributed by atoms with Gasteiger partial charge < -0.3 is 0 Å². The molecule has 0 aliphatic rings. The molecule has 0 spiro atoms. The van der Waals surface area contributed by atoms with E-state index in [1.54, 1.807) is 7.11 Å². The summed E-state index contributed by atoms with van der Waals surface area (Å²) in [5.74, 6) is 4.95. The summed E-state index contributed by atoms with van der Waals surface area (Å²) >= 11 is 1.24. The number of nitrogens with two attached hydrogens (primary N) is 1. The molecule has 0 bridgehead atoms. The average Bonchev–Trinajstić information content (AvgIpc) is 1.87. The van der Waals surface area contributed by atoms with Gasteiger partial charge in [0.1, 0.15) is 0 Å². The van der Waals surface area contributed by atoms with E-state index in [1.165, 1.54) is 19.4 Å². The van der Waals surface area contributed by atoms with Gasteiger partial charge in [-0.15, -0.1) is 0 Å². The molecule has 0 rings (SSSR count). The van der Waals surface area contributed by atoms with Gasteiger partial charge in [0.2, 0.25) is 0 Å². The van der Waals surface area contributed by atoms with Gasteiger partial charge in [0, 0.05) is 0 Å². The third-order valence-corrected chi connectivity index (χ3v) is 4.58. The fourth-order valence-corrected chi connectivity index (χ4v) is 4.07. The first-order chi connectivity index (χ1) is 4.52. The Bertz CT molecular complexity index is 171. The molecule has 5 heteroatoms. The van der Waals surface area contributed by atoms with Crippen LogP contribution in [0, 0.1) is 0 Å². The van der Waals surface area contributed by atoms with E-state index in [-0.39, 0.29) is 0 Å². The molecule has 60 valence electrons. The monoisotopic (exact) mass is 333 g/mol. The van der Waals surface area contributed by atoms with Crippen molar-refractivity contribution in [3.63, 3.8) is 0 Å². The van der Waals surface area contributed by atoms with E-state index in [4.69, 9.17) is 10.4 Å². The summed E-state index contributed by atoms with van der Waals surface area (Å²) in [5.41, 5.74) is 0. The van der Waals surface area contributed by atoms with E-state index in [9.17, 15) is 0 Å². The van der Waals surface area contributed by atoms with E-state index >= 15 is 0 Å². The van der Waals surface area contributed by atoms with Crippen molar-refractivity contribution in [3.05, 3.63) is 0 Å². The van der Waals surface area contributed by atoms with E-state index in [0.29, 0.717) is 0 Å². The molecule has 0 amide bonds. The molecule has 0 aromatic heterocycles. The average molecular weight is 333 g/mol. The topological polar surface area (TPSA) is 44.5 Å². The summed E-state index contributed by atoms with van der Waals surface area (Å²) in [6.45, 7) is 2.00. The van der Waals surface area contributed by atoms with Gasteiger partial charge in [-0.1, -0.05) is 0 Å². The minimum atomic E-state index is -1.47. The molecular weight excluding hydrogens is 321 g/mol. The molecule has 0 heterocycles. The Morgan fingerprint density at radius 3 is 2.60 bits per heavy atom. The molecule has 3 nitrogen and oxygen atoms in total. The Morgan fingerprint density at radius 2 is 2.30 bits per heavy atom. The first-order valence-electron chi connectivity index (χ1n) is 2.67. The predicted molar refractivity (Wildman–Crippen MR) is 42.1 cm³/mol. The molecule has 0 aliphatic heterocycles. The van der Waals surface area contributed by atoms with Crippen LogP contribution in [0.1, 0.15) is 0 Å². The van der Waals surface area contributed by atoms with Crippen molar-refractivity contribution in [1.82, 2.24) is 0 Å². The molecule has 1 unspecified atom stereocenters. The van der Waals surface area contributed by atoms with Gasteiger partial charge in [-0.3, -0.25) is 0 Å². The standard InChI is InChI=1S/C5H12NO2P.W/c1-7-9(2,3)5-4-8-6;/h2,5-6H2,1,3H3;. The van der Waals surface area contributed by atoms with Gasteiger partial charge in [0.15, 0.2) is 0 Å². The summed E-state index contributed by atoms with van der Waals surface area (Å²) in [5, 5.41) is 0. The van der Waals surface area contributed by atoms with Crippen LogP contribution in [0.2, 0.25) is 0 Å². The molecule has 1 atom stereocenters. The van der Waals surface area contributed by atoms with Crippen LogP contribution in [0.25, 0.3) is 0 Å². The van der Waals surface area contributed by atoms with Crippen molar-refractivity contribution >= 4 is 17.5 Å². The summed E-state index contributed by atoms with van der Waals surface area (Å²) in [7, 11) is 0.199. The van der Waals surface area contributed by atoms with Crippen molar-refractivity contribution in [3.8, 4) is 0 Å². The van der Waals surface area contributed by atoms with E-state index in [0.717, 1.165) is 10.2 Å². The second-order valence-corrected chi connectivity index (χ2v) is 7.04. The molecule has 0 aromatic carbocycles. The Kier molecular flexibility index (Phi) is 4.92. The second-order valence-electron chi connectivity index (χ2n) is 2.13. The molecule has 0 radical (unpaired) electrons. The van der Waals surface area contributed by atoms with Crippen molar-refractivity contribution in [2.24, 2.45) is 5.90 Å². The fourth-order valence-electron chi connectivity index (χ4n) is 0.375. The summed E-state index contributed by atoms with van der Waals surface area (Å²) in [6, 6.07) is 0. The van der Waals surface area contributed by atoms with Crippen LogP contribution in [0.15, 0.2) is 0 Å². The first-order valence-corrected chi connectivity index (χ1v) is 6.66. The molecule has 0 aliphatic carbocycles. The van der Waals surface area contributed by atoms with Gasteiger partial charge in [-0.2, -0.15) is 0 Å². The first kappa shape index (κ1) is 10.7. The van der Waals surface area contributed by atoms with Gasteiger partial charge in [0.25, 0.3) is 0 Å². The molecule has 0 fully saturated rings. The molecule has 0 saturated carbocycles. The Balaban J connectivity index is 3.89. The number of rotatable bonds is 4. The quantitative estimate of drug-likeness (QED) is 0.590. The van der Waals surface area contributed by atoms with Gasteiger partial charge in [0.05, 0.1) is 0 Å². The van der Waals surface area contributed by atoms with Crippen LogP contribution in [-0.4, -0.2) is 30.3 Å². The number of hydrogen-bond acceptors (Lipinski definition) is 3. The Hall–Kier alpha value is 0.738. The number of hydrogen-bond donors (Lipinski definition) is 1. The minimum absolute atomic E-state index is 0.759. The normalized spacial score (nSPS) is 16.3. The Morgan fingerprint density at radius 1 is 1.80 bits per heavy atom. The van der Waals surface area contributed by atoms with Crippen LogP contribution in [0.4, 0.5) is 0 Å². The van der Waals surface area contributed by atoms with E-state index < -0.39 is 7.11 Å². The summed E-state index contributed by atoms with van der Waals surface area (Å²) in [6.07, 6.45) is 4.68. The van der Waals surface area contributed by atoms with Crippen LogP contribution in [0.5, 0.6) is 0 Å². The zero-order chi connectivity index (χ0) is 8.20. The van der Waals surface area contributed by atoms with Crippen molar-refractivity contribution in [1.29, 1.82) is 0 Å². The second kappa shape index (κ2) is 4.58. The van der Waals surface area contributed by atoms with E-state index in [1.807, 2.05) is 6.66 Å². The van der Waals surface area contributed by atoms with E-state index in [2.05, 4.69) is 11.1 Å². The molecular formula is C5H12NO2PW. The molecule has 2 N–H and O–H groups in total. The van der Waals surface area contributed by atoms with Crippen molar-refractivity contribution in [2.45, 2.75) is 0 Å². The van der Waals surface area contributed by atoms with Crippen LogP contribution in [0.3, 0.4) is 0 Å². The maximum atomic E-state index is 5.17. The molecule has 10 heavy (non-hydrogen) atoms. The molecule has 0 saturated heterocycles. The van der Waals surface area contributed by atoms with Crippen LogP contribution < -0.4 is 5.90 Å². The van der Waals surface area contributed by atoms with Gasteiger partial charge >= 0.3 is 72.0 Å². The third-order valence-electron chi connectivity index (χ3n) is 1.04. The SMILES string of the molecule is C=P(C)(C[C](=[W])ON)OC. The fraction of sp³-hybridized carbons (Fsp3) is 0.600. The predicted octanol–water partition coefficient (Wildman–Crippen LogP) is 0.194. The van der Waals surface area contributed by atoms with Crippen molar-refractivity contribution in [2.75, 3.05) is 19.9 Å². The summed E-state index contributed by atoms with van der Waals surface area (Å²) < 4.78 is 6.02. The van der Waals surface area contributed by atoms with Gasteiger partial charge in [-0.05, 0) is 0 Å².